The van der Waals surface area contributed by atoms with E-state index in [1.54, 1.807) is 25.6 Å². The van der Waals surface area contributed by atoms with E-state index in [0.717, 1.165) is 34.3 Å². The Morgan fingerprint density at radius 2 is 1.95 bits per heavy atom. The fourth-order valence-electron chi connectivity index (χ4n) is 1.81. The zero-order valence-electron chi connectivity index (χ0n) is 12.3. The molecule has 0 saturated heterocycles. The summed E-state index contributed by atoms with van der Waals surface area (Å²) < 4.78 is 10.6. The molecule has 1 aromatic carbocycles. The van der Waals surface area contributed by atoms with Gasteiger partial charge in [0.15, 0.2) is 11.5 Å². The molecule has 0 bridgehead atoms. The van der Waals surface area contributed by atoms with Gasteiger partial charge in [-0.15, -0.1) is 11.3 Å². The van der Waals surface area contributed by atoms with Gasteiger partial charge >= 0.3 is 0 Å². The van der Waals surface area contributed by atoms with E-state index < -0.39 is 0 Å². The fourth-order valence-corrected chi connectivity index (χ4v) is 2.57. The van der Waals surface area contributed by atoms with Crippen molar-refractivity contribution in [3.63, 3.8) is 0 Å². The summed E-state index contributed by atoms with van der Waals surface area (Å²) in [5, 5.41) is 6.53. The lowest BCUT2D eigenvalue weighted by Gasteiger charge is -2.08. The second-order valence-corrected chi connectivity index (χ2v) is 5.67. The van der Waals surface area contributed by atoms with E-state index in [9.17, 15) is 0 Å². The zero-order chi connectivity index (χ0) is 14.5. The van der Waals surface area contributed by atoms with Crippen molar-refractivity contribution in [1.29, 1.82) is 0 Å². The van der Waals surface area contributed by atoms with Crippen LogP contribution in [-0.2, 0) is 6.54 Å². The largest absolute Gasteiger partial charge is 0.493 e. The topological polar surface area (TPSA) is 43.4 Å². The Bertz CT molecular complexity index is 567. The van der Waals surface area contributed by atoms with Crippen molar-refractivity contribution >= 4 is 11.3 Å². The maximum Gasteiger partial charge on any atom is 0.161 e. The monoisotopic (exact) mass is 292 g/mol. The van der Waals surface area contributed by atoms with Crippen LogP contribution in [-0.4, -0.2) is 25.2 Å². The first-order valence-electron chi connectivity index (χ1n) is 6.54. The van der Waals surface area contributed by atoms with Gasteiger partial charge in [0.2, 0.25) is 0 Å². The molecule has 0 atom stereocenters. The third-order valence-corrected chi connectivity index (χ3v) is 3.74. The van der Waals surface area contributed by atoms with Crippen molar-refractivity contribution < 1.29 is 9.47 Å². The standard InChI is InChI=1S/C15H20N2O2S/c1-10(2)16-8-15-17-12(9-20-15)11-5-6-13(18-3)14(7-11)19-4/h5-7,9-10,16H,8H2,1-4H3. The van der Waals surface area contributed by atoms with E-state index in [4.69, 9.17) is 9.47 Å². The molecule has 20 heavy (non-hydrogen) atoms. The first-order chi connectivity index (χ1) is 9.63. The minimum Gasteiger partial charge on any atom is -0.493 e. The SMILES string of the molecule is COc1ccc(-c2csc(CNC(C)C)n2)cc1OC. The molecule has 0 radical (unpaired) electrons. The minimum absolute atomic E-state index is 0.462. The van der Waals surface area contributed by atoms with Crippen molar-refractivity contribution in [3.8, 4) is 22.8 Å². The molecule has 2 aromatic rings. The van der Waals surface area contributed by atoms with Crippen LogP contribution in [0, 0.1) is 0 Å². The van der Waals surface area contributed by atoms with E-state index in [1.807, 2.05) is 18.2 Å². The highest BCUT2D eigenvalue weighted by Gasteiger charge is 2.09. The smallest absolute Gasteiger partial charge is 0.161 e. The molecule has 0 amide bonds. The van der Waals surface area contributed by atoms with E-state index in [1.165, 1.54) is 0 Å². The molecule has 1 aromatic heterocycles. The van der Waals surface area contributed by atoms with Crippen LogP contribution in [0.5, 0.6) is 11.5 Å². The molecule has 0 aliphatic rings. The van der Waals surface area contributed by atoms with E-state index in [2.05, 4.69) is 29.5 Å². The van der Waals surface area contributed by atoms with Crippen LogP contribution in [0.2, 0.25) is 0 Å². The van der Waals surface area contributed by atoms with Gasteiger partial charge in [0.05, 0.1) is 19.9 Å². The van der Waals surface area contributed by atoms with Gasteiger partial charge < -0.3 is 14.8 Å². The van der Waals surface area contributed by atoms with E-state index in [-0.39, 0.29) is 0 Å². The molecule has 0 spiro atoms. The summed E-state index contributed by atoms with van der Waals surface area (Å²) in [5.41, 5.74) is 2.01. The Labute approximate surface area is 123 Å². The van der Waals surface area contributed by atoms with Gasteiger partial charge in [-0.05, 0) is 18.2 Å². The minimum atomic E-state index is 0.462. The predicted molar refractivity (Wildman–Crippen MR) is 82.6 cm³/mol. The molecule has 0 aliphatic heterocycles. The summed E-state index contributed by atoms with van der Waals surface area (Å²) in [6, 6.07) is 6.31. The molecule has 0 saturated carbocycles. The van der Waals surface area contributed by atoms with Gasteiger partial charge in [-0.1, -0.05) is 13.8 Å². The van der Waals surface area contributed by atoms with Crippen LogP contribution >= 0.6 is 11.3 Å². The summed E-state index contributed by atoms with van der Waals surface area (Å²) in [6.07, 6.45) is 0. The number of benzene rings is 1. The third kappa shape index (κ3) is 3.49. The zero-order valence-corrected chi connectivity index (χ0v) is 13.1. The predicted octanol–water partition coefficient (Wildman–Crippen LogP) is 3.33. The highest BCUT2D eigenvalue weighted by atomic mass is 32.1. The van der Waals surface area contributed by atoms with Crippen molar-refractivity contribution in [2.24, 2.45) is 0 Å². The number of hydrogen-bond donors (Lipinski definition) is 1. The lowest BCUT2D eigenvalue weighted by Crippen LogP contribution is -2.21. The Balaban J connectivity index is 2.19. The molecule has 1 N–H and O–H groups in total. The Hall–Kier alpha value is -1.59. The number of nitrogens with one attached hydrogen (secondary N) is 1. The molecular weight excluding hydrogens is 272 g/mol. The first-order valence-corrected chi connectivity index (χ1v) is 7.42. The number of aromatic nitrogens is 1. The van der Waals surface area contributed by atoms with Gasteiger partial charge in [0.1, 0.15) is 5.01 Å². The number of rotatable bonds is 6. The molecule has 108 valence electrons. The maximum absolute atomic E-state index is 5.32. The molecule has 2 rings (SSSR count). The van der Waals surface area contributed by atoms with E-state index in [0.29, 0.717) is 6.04 Å². The van der Waals surface area contributed by atoms with Gasteiger partial charge in [-0.2, -0.15) is 0 Å². The third-order valence-electron chi connectivity index (χ3n) is 2.89. The Morgan fingerprint density at radius 1 is 1.20 bits per heavy atom. The second-order valence-electron chi connectivity index (χ2n) is 4.73. The van der Waals surface area contributed by atoms with Crippen molar-refractivity contribution in [2.75, 3.05) is 14.2 Å². The normalized spacial score (nSPS) is 10.8. The van der Waals surface area contributed by atoms with Crippen molar-refractivity contribution in [3.05, 3.63) is 28.6 Å². The molecule has 0 fully saturated rings. The van der Waals surface area contributed by atoms with Gasteiger partial charge in [0, 0.05) is 23.5 Å². The average molecular weight is 292 g/mol. The summed E-state index contributed by atoms with van der Waals surface area (Å²) in [6.45, 7) is 5.06. The fraction of sp³-hybridized carbons (Fsp3) is 0.400. The van der Waals surface area contributed by atoms with Gasteiger partial charge in [0.25, 0.3) is 0 Å². The Morgan fingerprint density at radius 3 is 2.60 bits per heavy atom. The van der Waals surface area contributed by atoms with Crippen molar-refractivity contribution in [2.45, 2.75) is 26.4 Å². The molecule has 1 heterocycles. The molecule has 0 unspecified atom stereocenters. The van der Waals surface area contributed by atoms with E-state index >= 15 is 0 Å². The summed E-state index contributed by atoms with van der Waals surface area (Å²) in [4.78, 5) is 4.64. The molecule has 5 heteroatoms. The number of methoxy groups -OCH3 is 2. The van der Waals surface area contributed by atoms with Crippen LogP contribution in [0.3, 0.4) is 0 Å². The molecule has 0 aliphatic carbocycles. The highest BCUT2D eigenvalue weighted by Crippen LogP contribution is 2.32. The number of thiazole rings is 1. The van der Waals surface area contributed by atoms with Crippen molar-refractivity contribution in [1.82, 2.24) is 10.3 Å². The summed E-state index contributed by atoms with van der Waals surface area (Å²) >= 11 is 1.66. The van der Waals surface area contributed by atoms with Crippen LogP contribution < -0.4 is 14.8 Å². The van der Waals surface area contributed by atoms with Gasteiger partial charge in [-0.3, -0.25) is 0 Å². The van der Waals surface area contributed by atoms with Crippen LogP contribution in [0.1, 0.15) is 18.9 Å². The average Bonchev–Trinajstić information content (AvgIpc) is 2.93. The second kappa shape index (κ2) is 6.72. The maximum atomic E-state index is 5.32. The van der Waals surface area contributed by atoms with Crippen LogP contribution in [0.4, 0.5) is 0 Å². The number of ether oxygens (including phenoxy) is 2. The first kappa shape index (κ1) is 14.8. The lowest BCUT2D eigenvalue weighted by atomic mass is 10.1. The van der Waals surface area contributed by atoms with Crippen LogP contribution in [0.15, 0.2) is 23.6 Å². The highest BCUT2D eigenvalue weighted by molar-refractivity contribution is 7.09. The lowest BCUT2D eigenvalue weighted by molar-refractivity contribution is 0.355. The molecule has 4 nitrogen and oxygen atoms in total. The molecular formula is C15H20N2O2S. The van der Waals surface area contributed by atoms with Gasteiger partial charge in [-0.25, -0.2) is 4.98 Å². The quantitative estimate of drug-likeness (QED) is 0.887. The summed E-state index contributed by atoms with van der Waals surface area (Å²) in [7, 11) is 3.27. The van der Waals surface area contributed by atoms with Crippen LogP contribution in [0.25, 0.3) is 11.3 Å². The summed E-state index contributed by atoms with van der Waals surface area (Å²) in [5.74, 6) is 1.45. The Kier molecular flexibility index (Phi) is 4.98. The number of hydrogen-bond acceptors (Lipinski definition) is 5. The number of nitrogens with zero attached hydrogens (tertiary/aromatic N) is 1.